The maximum atomic E-state index is 6.19. The Bertz CT molecular complexity index is 137. The lowest BCUT2D eigenvalue weighted by Crippen LogP contribution is -2.35. The van der Waals surface area contributed by atoms with Crippen LogP contribution in [0.2, 0.25) is 0 Å². The van der Waals surface area contributed by atoms with Crippen LogP contribution in [-0.2, 0) is 0 Å². The van der Waals surface area contributed by atoms with Crippen molar-refractivity contribution in [1.82, 2.24) is 0 Å². The lowest BCUT2D eigenvalue weighted by Gasteiger charge is -2.26. The third-order valence-corrected chi connectivity index (χ3v) is 3.63. The van der Waals surface area contributed by atoms with Crippen LogP contribution in [0.4, 0.5) is 0 Å². The summed E-state index contributed by atoms with van der Waals surface area (Å²) in [6, 6.07) is 0.385. The van der Waals surface area contributed by atoms with Gasteiger partial charge in [0.15, 0.2) is 0 Å². The minimum atomic E-state index is 0.385. The van der Waals surface area contributed by atoms with Gasteiger partial charge in [0.2, 0.25) is 0 Å². The Morgan fingerprint density at radius 2 is 1.77 bits per heavy atom. The highest BCUT2D eigenvalue weighted by atomic mass is 14.7. The van der Waals surface area contributed by atoms with Gasteiger partial charge in [-0.1, -0.05) is 26.7 Å². The second-order valence-corrected chi connectivity index (χ2v) is 4.70. The molecule has 1 rings (SSSR count). The summed E-state index contributed by atoms with van der Waals surface area (Å²) in [6.07, 6.45) is 4.91. The molecular weight excluding hydrogens is 160 g/mol. The summed E-state index contributed by atoms with van der Waals surface area (Å²) < 4.78 is 0. The van der Waals surface area contributed by atoms with E-state index in [9.17, 15) is 0 Å². The van der Waals surface area contributed by atoms with E-state index in [1.54, 1.807) is 0 Å². The fraction of sp³-hybridized carbons (Fsp3) is 1.00. The van der Waals surface area contributed by atoms with Gasteiger partial charge in [-0.15, -0.1) is 0 Å². The van der Waals surface area contributed by atoms with Gasteiger partial charge in [0, 0.05) is 6.04 Å². The first-order valence-corrected chi connectivity index (χ1v) is 5.62. The Morgan fingerprint density at radius 1 is 1.23 bits per heavy atom. The fourth-order valence-corrected chi connectivity index (χ4v) is 2.86. The first kappa shape index (κ1) is 11.0. The van der Waals surface area contributed by atoms with Crippen molar-refractivity contribution in [3.8, 4) is 0 Å². The molecule has 3 unspecified atom stereocenters. The number of rotatable bonds is 4. The molecule has 1 aliphatic rings. The highest BCUT2D eigenvalue weighted by Crippen LogP contribution is 2.38. The van der Waals surface area contributed by atoms with E-state index in [4.69, 9.17) is 11.5 Å². The van der Waals surface area contributed by atoms with Crippen molar-refractivity contribution in [2.24, 2.45) is 29.2 Å². The Labute approximate surface area is 82.1 Å². The van der Waals surface area contributed by atoms with Crippen molar-refractivity contribution in [2.75, 3.05) is 6.54 Å². The SMILES string of the molecule is CC1CCC(C)C1C(N)CCCN. The van der Waals surface area contributed by atoms with Gasteiger partial charge in [-0.3, -0.25) is 0 Å². The van der Waals surface area contributed by atoms with E-state index in [2.05, 4.69) is 13.8 Å². The normalized spacial score (nSPS) is 36.5. The average Bonchev–Trinajstić information content (AvgIpc) is 2.42. The van der Waals surface area contributed by atoms with Gasteiger partial charge in [-0.05, 0) is 37.1 Å². The highest BCUT2D eigenvalue weighted by molar-refractivity contribution is 4.87. The zero-order chi connectivity index (χ0) is 9.84. The molecule has 0 aromatic heterocycles. The molecule has 13 heavy (non-hydrogen) atoms. The smallest absolute Gasteiger partial charge is 0.00727 e. The third-order valence-electron chi connectivity index (χ3n) is 3.63. The summed E-state index contributed by atoms with van der Waals surface area (Å²) >= 11 is 0. The quantitative estimate of drug-likeness (QED) is 0.699. The molecule has 0 amide bonds. The number of nitrogens with two attached hydrogens (primary N) is 2. The van der Waals surface area contributed by atoms with Gasteiger partial charge in [0.05, 0.1) is 0 Å². The van der Waals surface area contributed by atoms with E-state index in [1.807, 2.05) is 0 Å². The maximum absolute atomic E-state index is 6.19. The molecule has 0 saturated heterocycles. The molecule has 1 fully saturated rings. The summed E-state index contributed by atoms with van der Waals surface area (Å²) in [5.74, 6) is 2.39. The molecule has 78 valence electrons. The molecule has 1 saturated carbocycles. The topological polar surface area (TPSA) is 52.0 Å². The van der Waals surface area contributed by atoms with Crippen LogP contribution in [0, 0.1) is 17.8 Å². The van der Waals surface area contributed by atoms with Crippen LogP contribution in [0.3, 0.4) is 0 Å². The van der Waals surface area contributed by atoms with E-state index >= 15 is 0 Å². The molecular formula is C11H24N2. The Hall–Kier alpha value is -0.0800. The summed E-state index contributed by atoms with van der Waals surface area (Å²) in [6.45, 7) is 5.47. The minimum Gasteiger partial charge on any atom is -0.330 e. The maximum Gasteiger partial charge on any atom is 0.00727 e. The van der Waals surface area contributed by atoms with E-state index in [-0.39, 0.29) is 0 Å². The lowest BCUT2D eigenvalue weighted by atomic mass is 9.83. The molecule has 4 N–H and O–H groups in total. The zero-order valence-electron chi connectivity index (χ0n) is 9.00. The van der Waals surface area contributed by atoms with Crippen molar-refractivity contribution < 1.29 is 0 Å². The van der Waals surface area contributed by atoms with Crippen LogP contribution >= 0.6 is 0 Å². The van der Waals surface area contributed by atoms with Crippen molar-refractivity contribution in [3.63, 3.8) is 0 Å². The Balaban J connectivity index is 2.39. The van der Waals surface area contributed by atoms with E-state index < -0.39 is 0 Å². The third kappa shape index (κ3) is 2.68. The fourth-order valence-electron chi connectivity index (χ4n) is 2.86. The predicted molar refractivity (Wildman–Crippen MR) is 57.3 cm³/mol. The van der Waals surface area contributed by atoms with Crippen LogP contribution in [0.1, 0.15) is 39.5 Å². The Morgan fingerprint density at radius 3 is 2.23 bits per heavy atom. The van der Waals surface area contributed by atoms with Gasteiger partial charge in [0.25, 0.3) is 0 Å². The van der Waals surface area contributed by atoms with E-state index in [1.165, 1.54) is 12.8 Å². The van der Waals surface area contributed by atoms with Crippen molar-refractivity contribution >= 4 is 0 Å². The lowest BCUT2D eigenvalue weighted by molar-refractivity contribution is 0.272. The molecule has 2 heteroatoms. The predicted octanol–water partition coefficient (Wildman–Crippen LogP) is 1.73. The summed E-state index contributed by atoms with van der Waals surface area (Å²) in [5.41, 5.74) is 11.7. The Kier molecular flexibility index (Phi) is 4.20. The van der Waals surface area contributed by atoms with Gasteiger partial charge < -0.3 is 11.5 Å². The molecule has 0 radical (unpaired) electrons. The van der Waals surface area contributed by atoms with Crippen molar-refractivity contribution in [3.05, 3.63) is 0 Å². The van der Waals surface area contributed by atoms with Crippen LogP contribution in [0.5, 0.6) is 0 Å². The number of hydrogen-bond acceptors (Lipinski definition) is 2. The molecule has 1 aliphatic carbocycles. The van der Waals surface area contributed by atoms with Crippen LogP contribution < -0.4 is 11.5 Å². The molecule has 0 spiro atoms. The average molecular weight is 184 g/mol. The summed E-state index contributed by atoms with van der Waals surface area (Å²) in [4.78, 5) is 0. The first-order chi connectivity index (χ1) is 6.16. The van der Waals surface area contributed by atoms with Gasteiger partial charge in [-0.2, -0.15) is 0 Å². The largest absolute Gasteiger partial charge is 0.330 e. The molecule has 0 aromatic carbocycles. The first-order valence-electron chi connectivity index (χ1n) is 5.62. The minimum absolute atomic E-state index is 0.385. The molecule has 0 bridgehead atoms. The second kappa shape index (κ2) is 4.97. The van der Waals surface area contributed by atoms with Crippen molar-refractivity contribution in [2.45, 2.75) is 45.6 Å². The molecule has 0 aromatic rings. The molecule has 2 nitrogen and oxygen atoms in total. The van der Waals surface area contributed by atoms with Gasteiger partial charge in [-0.25, -0.2) is 0 Å². The standard InChI is InChI=1S/C11H24N2/c1-8-5-6-9(2)11(8)10(13)4-3-7-12/h8-11H,3-7,12-13H2,1-2H3. The molecule has 0 aliphatic heterocycles. The van der Waals surface area contributed by atoms with Crippen LogP contribution in [0.25, 0.3) is 0 Å². The zero-order valence-corrected chi connectivity index (χ0v) is 9.00. The van der Waals surface area contributed by atoms with E-state index in [0.717, 1.165) is 37.1 Å². The summed E-state index contributed by atoms with van der Waals surface area (Å²) in [5, 5.41) is 0. The number of hydrogen-bond donors (Lipinski definition) is 2. The second-order valence-electron chi connectivity index (χ2n) is 4.70. The van der Waals surface area contributed by atoms with E-state index in [0.29, 0.717) is 6.04 Å². The molecule has 3 atom stereocenters. The van der Waals surface area contributed by atoms with Crippen molar-refractivity contribution in [1.29, 1.82) is 0 Å². The van der Waals surface area contributed by atoms with Crippen LogP contribution in [-0.4, -0.2) is 12.6 Å². The monoisotopic (exact) mass is 184 g/mol. The molecule has 0 heterocycles. The van der Waals surface area contributed by atoms with Gasteiger partial charge in [0.1, 0.15) is 0 Å². The highest BCUT2D eigenvalue weighted by Gasteiger charge is 2.33. The van der Waals surface area contributed by atoms with Crippen LogP contribution in [0.15, 0.2) is 0 Å². The summed E-state index contributed by atoms with van der Waals surface area (Å²) in [7, 11) is 0. The van der Waals surface area contributed by atoms with Gasteiger partial charge >= 0.3 is 0 Å².